The summed E-state index contributed by atoms with van der Waals surface area (Å²) < 4.78 is 0. The molecule has 21 heavy (non-hydrogen) atoms. The van der Waals surface area contributed by atoms with Crippen LogP contribution in [-0.4, -0.2) is 28.3 Å². The first kappa shape index (κ1) is 14.6. The Kier molecular flexibility index (Phi) is 4.61. The van der Waals surface area contributed by atoms with Crippen LogP contribution in [0.15, 0.2) is 42.7 Å². The number of carbonyl (C=O) groups excluding carboxylic acids is 2. The van der Waals surface area contributed by atoms with E-state index in [0.717, 1.165) is 5.56 Å². The zero-order chi connectivity index (χ0) is 15.2. The summed E-state index contributed by atoms with van der Waals surface area (Å²) in [5.74, 6) is -1.30. The van der Waals surface area contributed by atoms with Crippen LogP contribution in [0.5, 0.6) is 0 Å². The molecule has 0 atom stereocenters. The minimum Gasteiger partial charge on any atom is -0.304 e. The van der Waals surface area contributed by atoms with Gasteiger partial charge in [-0.3, -0.25) is 14.9 Å². The summed E-state index contributed by atoms with van der Waals surface area (Å²) in [6, 6.07) is 9.05. The summed E-state index contributed by atoms with van der Waals surface area (Å²) >= 11 is 0. The number of benzene rings is 1. The third-order valence-corrected chi connectivity index (χ3v) is 2.86. The molecule has 1 heterocycles. The van der Waals surface area contributed by atoms with E-state index in [1.54, 1.807) is 12.1 Å². The molecule has 0 aliphatic rings. The molecular formula is C15H16N4O2. The first-order chi connectivity index (χ1) is 10.1. The van der Waals surface area contributed by atoms with E-state index in [1.165, 1.54) is 17.3 Å². The maximum absolute atomic E-state index is 12.2. The summed E-state index contributed by atoms with van der Waals surface area (Å²) in [5, 5.41) is 2.39. The predicted octanol–water partition coefficient (Wildman–Crippen LogP) is 1.78. The van der Waals surface area contributed by atoms with Crippen molar-refractivity contribution in [1.29, 1.82) is 0 Å². The molecule has 2 rings (SSSR count). The van der Waals surface area contributed by atoms with Crippen molar-refractivity contribution >= 4 is 23.5 Å². The Labute approximate surface area is 122 Å². The van der Waals surface area contributed by atoms with E-state index in [9.17, 15) is 9.59 Å². The van der Waals surface area contributed by atoms with E-state index >= 15 is 0 Å². The number of anilines is 2. The third-order valence-electron chi connectivity index (χ3n) is 2.86. The standard InChI is InChI=1S/C15H16N4O2/c1-3-19(12-7-4-6-11(2)10-12)14(21)13(20)18-15-16-8-5-9-17-15/h4-10H,3H2,1-2H3,(H,16,17,18,20). The fourth-order valence-corrected chi connectivity index (χ4v) is 1.88. The topological polar surface area (TPSA) is 75.2 Å². The number of hydrogen-bond donors (Lipinski definition) is 1. The van der Waals surface area contributed by atoms with Crippen molar-refractivity contribution in [1.82, 2.24) is 9.97 Å². The van der Waals surface area contributed by atoms with Crippen molar-refractivity contribution in [2.75, 3.05) is 16.8 Å². The van der Waals surface area contributed by atoms with Crippen LogP contribution in [0.3, 0.4) is 0 Å². The van der Waals surface area contributed by atoms with Crippen molar-refractivity contribution in [3.63, 3.8) is 0 Å². The van der Waals surface area contributed by atoms with Gasteiger partial charge in [-0.05, 0) is 37.6 Å². The Bertz CT molecular complexity index is 643. The summed E-state index contributed by atoms with van der Waals surface area (Å²) in [5.41, 5.74) is 1.71. The first-order valence-electron chi connectivity index (χ1n) is 6.58. The molecule has 0 aliphatic carbocycles. The van der Waals surface area contributed by atoms with E-state index in [0.29, 0.717) is 12.2 Å². The average molecular weight is 284 g/mol. The van der Waals surface area contributed by atoms with Crippen LogP contribution >= 0.6 is 0 Å². The second-order valence-corrected chi connectivity index (χ2v) is 4.41. The Morgan fingerprint density at radius 2 is 1.90 bits per heavy atom. The van der Waals surface area contributed by atoms with Gasteiger partial charge >= 0.3 is 11.8 Å². The maximum Gasteiger partial charge on any atom is 0.316 e. The van der Waals surface area contributed by atoms with Crippen LogP contribution in [0, 0.1) is 6.92 Å². The molecule has 1 N–H and O–H groups in total. The lowest BCUT2D eigenvalue weighted by molar-refractivity contribution is -0.134. The Balaban J connectivity index is 2.15. The average Bonchev–Trinajstić information content (AvgIpc) is 2.49. The molecule has 0 aliphatic heterocycles. The second-order valence-electron chi connectivity index (χ2n) is 4.41. The lowest BCUT2D eigenvalue weighted by atomic mass is 10.2. The van der Waals surface area contributed by atoms with Crippen LogP contribution in [0.25, 0.3) is 0 Å². The number of carbonyl (C=O) groups is 2. The monoisotopic (exact) mass is 284 g/mol. The van der Waals surface area contributed by atoms with Gasteiger partial charge < -0.3 is 4.90 Å². The molecule has 0 saturated heterocycles. The Hall–Kier alpha value is -2.76. The van der Waals surface area contributed by atoms with Crippen LogP contribution < -0.4 is 10.2 Å². The molecule has 0 bridgehead atoms. The quantitative estimate of drug-likeness (QED) is 0.872. The van der Waals surface area contributed by atoms with Crippen molar-refractivity contribution in [2.24, 2.45) is 0 Å². The highest BCUT2D eigenvalue weighted by Crippen LogP contribution is 2.16. The van der Waals surface area contributed by atoms with Gasteiger partial charge in [-0.25, -0.2) is 9.97 Å². The normalized spacial score (nSPS) is 10.0. The molecule has 6 heteroatoms. The van der Waals surface area contributed by atoms with Crippen molar-refractivity contribution in [3.8, 4) is 0 Å². The zero-order valence-corrected chi connectivity index (χ0v) is 11.9. The first-order valence-corrected chi connectivity index (χ1v) is 6.58. The van der Waals surface area contributed by atoms with Gasteiger partial charge in [0.25, 0.3) is 0 Å². The van der Waals surface area contributed by atoms with Crippen LogP contribution in [0.1, 0.15) is 12.5 Å². The number of likely N-dealkylation sites (N-methyl/N-ethyl adjacent to an activating group) is 1. The Morgan fingerprint density at radius 3 is 2.52 bits per heavy atom. The predicted molar refractivity (Wildman–Crippen MR) is 79.9 cm³/mol. The van der Waals surface area contributed by atoms with Crippen LogP contribution in [0.4, 0.5) is 11.6 Å². The molecular weight excluding hydrogens is 268 g/mol. The van der Waals surface area contributed by atoms with Gasteiger partial charge in [0, 0.05) is 24.6 Å². The molecule has 0 unspecified atom stereocenters. The molecule has 1 aromatic carbocycles. The van der Waals surface area contributed by atoms with Gasteiger partial charge in [0.15, 0.2) is 0 Å². The molecule has 0 fully saturated rings. The number of amides is 2. The van der Waals surface area contributed by atoms with Crippen LogP contribution in [0.2, 0.25) is 0 Å². The highest BCUT2D eigenvalue weighted by atomic mass is 16.2. The zero-order valence-electron chi connectivity index (χ0n) is 11.9. The molecule has 108 valence electrons. The summed E-state index contributed by atoms with van der Waals surface area (Å²) in [6.07, 6.45) is 2.98. The van der Waals surface area contributed by atoms with Crippen molar-refractivity contribution in [2.45, 2.75) is 13.8 Å². The van der Waals surface area contributed by atoms with E-state index < -0.39 is 11.8 Å². The maximum atomic E-state index is 12.2. The van der Waals surface area contributed by atoms with E-state index in [1.807, 2.05) is 32.0 Å². The van der Waals surface area contributed by atoms with Gasteiger partial charge in [0.05, 0.1) is 0 Å². The van der Waals surface area contributed by atoms with Gasteiger partial charge in [-0.1, -0.05) is 12.1 Å². The van der Waals surface area contributed by atoms with Gasteiger partial charge in [-0.15, -0.1) is 0 Å². The SMILES string of the molecule is CCN(C(=O)C(=O)Nc1ncccn1)c1cccc(C)c1. The second kappa shape index (κ2) is 6.60. The van der Waals surface area contributed by atoms with E-state index in [-0.39, 0.29) is 5.95 Å². The summed E-state index contributed by atoms with van der Waals surface area (Å²) in [6.45, 7) is 4.14. The van der Waals surface area contributed by atoms with Crippen LogP contribution in [-0.2, 0) is 9.59 Å². The van der Waals surface area contributed by atoms with Gasteiger partial charge in [0.1, 0.15) is 0 Å². The smallest absolute Gasteiger partial charge is 0.304 e. The number of aromatic nitrogens is 2. The minimum atomic E-state index is -0.760. The molecule has 0 radical (unpaired) electrons. The fraction of sp³-hybridized carbons (Fsp3) is 0.200. The minimum absolute atomic E-state index is 0.108. The van der Waals surface area contributed by atoms with Crippen molar-refractivity contribution in [3.05, 3.63) is 48.3 Å². The van der Waals surface area contributed by atoms with E-state index in [2.05, 4.69) is 15.3 Å². The van der Waals surface area contributed by atoms with Crippen molar-refractivity contribution < 1.29 is 9.59 Å². The highest BCUT2D eigenvalue weighted by Gasteiger charge is 2.22. The lowest BCUT2D eigenvalue weighted by Gasteiger charge is -2.20. The number of aryl methyl sites for hydroxylation is 1. The number of nitrogens with zero attached hydrogens (tertiary/aromatic N) is 3. The largest absolute Gasteiger partial charge is 0.316 e. The summed E-state index contributed by atoms with van der Waals surface area (Å²) in [7, 11) is 0. The third kappa shape index (κ3) is 3.62. The molecule has 0 spiro atoms. The number of nitrogens with one attached hydrogen (secondary N) is 1. The van der Waals surface area contributed by atoms with E-state index in [4.69, 9.17) is 0 Å². The number of hydrogen-bond acceptors (Lipinski definition) is 4. The lowest BCUT2D eigenvalue weighted by Crippen LogP contribution is -2.40. The fourth-order valence-electron chi connectivity index (χ4n) is 1.88. The molecule has 2 aromatic rings. The molecule has 1 aromatic heterocycles. The molecule has 0 saturated carbocycles. The Morgan fingerprint density at radius 1 is 1.19 bits per heavy atom. The number of rotatable bonds is 3. The van der Waals surface area contributed by atoms with Gasteiger partial charge in [-0.2, -0.15) is 0 Å². The summed E-state index contributed by atoms with van der Waals surface area (Å²) in [4.78, 5) is 33.4. The molecule has 2 amide bonds. The molecule has 6 nitrogen and oxygen atoms in total. The van der Waals surface area contributed by atoms with Gasteiger partial charge in [0.2, 0.25) is 5.95 Å². The highest BCUT2D eigenvalue weighted by molar-refractivity contribution is 6.44.